The molecule has 0 saturated carbocycles. The molecule has 0 amide bonds. The van der Waals surface area contributed by atoms with Crippen molar-refractivity contribution in [1.29, 1.82) is 0 Å². The summed E-state index contributed by atoms with van der Waals surface area (Å²) in [6.45, 7) is 6.48. The van der Waals surface area contributed by atoms with Gasteiger partial charge in [-0.05, 0) is 30.4 Å². The second-order valence-electron chi connectivity index (χ2n) is 5.06. The van der Waals surface area contributed by atoms with Crippen molar-refractivity contribution in [2.75, 3.05) is 18.0 Å². The average molecular weight is 234 g/mol. The fourth-order valence-electron chi connectivity index (χ4n) is 2.53. The lowest BCUT2D eigenvalue weighted by atomic mass is 9.98. The van der Waals surface area contributed by atoms with E-state index in [9.17, 15) is 0 Å². The molecule has 1 aromatic rings. The minimum atomic E-state index is 0.170. The zero-order chi connectivity index (χ0) is 12.3. The number of anilines is 1. The van der Waals surface area contributed by atoms with Crippen molar-refractivity contribution in [2.24, 2.45) is 5.90 Å². The third-order valence-corrected chi connectivity index (χ3v) is 3.47. The number of piperidine rings is 1. The Hall–Kier alpha value is -1.06. The molecule has 17 heavy (non-hydrogen) atoms. The van der Waals surface area contributed by atoms with E-state index in [1.165, 1.54) is 11.3 Å². The normalized spacial score (nSPS) is 20.9. The summed E-state index contributed by atoms with van der Waals surface area (Å²) in [4.78, 5) is 7.40. The number of rotatable bonds is 3. The summed E-state index contributed by atoms with van der Waals surface area (Å²) in [6, 6.07) is 8.63. The zero-order valence-electron chi connectivity index (χ0n) is 10.7. The lowest BCUT2D eigenvalue weighted by molar-refractivity contribution is 0.0434. The maximum atomic E-state index is 5.31. The second kappa shape index (κ2) is 5.52. The highest BCUT2D eigenvalue weighted by Gasteiger charge is 2.22. The van der Waals surface area contributed by atoms with Crippen molar-refractivity contribution >= 4 is 5.69 Å². The molecule has 2 N–H and O–H groups in total. The number of nitrogens with two attached hydrogens (primary N) is 1. The Morgan fingerprint density at radius 2 is 2.12 bits per heavy atom. The maximum Gasteiger partial charge on any atom is 0.0962 e. The van der Waals surface area contributed by atoms with E-state index in [1.807, 2.05) is 0 Å². The third-order valence-electron chi connectivity index (χ3n) is 3.47. The first-order chi connectivity index (χ1) is 8.22. The molecule has 1 aliphatic rings. The van der Waals surface area contributed by atoms with E-state index in [1.54, 1.807) is 0 Å². The van der Waals surface area contributed by atoms with Crippen LogP contribution in [0.4, 0.5) is 5.69 Å². The van der Waals surface area contributed by atoms with E-state index in [4.69, 9.17) is 10.7 Å². The SMILES string of the molecule is CC(C)c1ccccc1N1CCCC(ON)C1. The van der Waals surface area contributed by atoms with Crippen molar-refractivity contribution in [1.82, 2.24) is 0 Å². The third kappa shape index (κ3) is 2.79. The van der Waals surface area contributed by atoms with Gasteiger partial charge in [0.05, 0.1) is 6.10 Å². The van der Waals surface area contributed by atoms with Crippen molar-refractivity contribution in [3.05, 3.63) is 29.8 Å². The Bertz CT molecular complexity index is 365. The summed E-state index contributed by atoms with van der Waals surface area (Å²) in [7, 11) is 0. The van der Waals surface area contributed by atoms with Crippen molar-refractivity contribution in [3.8, 4) is 0 Å². The van der Waals surface area contributed by atoms with Gasteiger partial charge in [-0.15, -0.1) is 0 Å². The van der Waals surface area contributed by atoms with Crippen LogP contribution in [0.5, 0.6) is 0 Å². The lowest BCUT2D eigenvalue weighted by Gasteiger charge is -2.35. The first-order valence-corrected chi connectivity index (χ1v) is 6.41. The van der Waals surface area contributed by atoms with Gasteiger partial charge in [0, 0.05) is 18.8 Å². The van der Waals surface area contributed by atoms with Crippen LogP contribution >= 0.6 is 0 Å². The standard InChI is InChI=1S/C14H22N2O/c1-11(2)13-7-3-4-8-14(13)16-9-5-6-12(10-16)17-15/h3-4,7-8,11-12H,5-6,9-10,15H2,1-2H3. The Kier molecular flexibility index (Phi) is 4.02. The summed E-state index contributed by atoms with van der Waals surface area (Å²) in [5.74, 6) is 5.86. The predicted molar refractivity (Wildman–Crippen MR) is 71.0 cm³/mol. The largest absolute Gasteiger partial charge is 0.369 e. The van der Waals surface area contributed by atoms with E-state index in [2.05, 4.69) is 43.0 Å². The topological polar surface area (TPSA) is 38.5 Å². The molecule has 1 unspecified atom stereocenters. The van der Waals surface area contributed by atoms with Gasteiger partial charge in [0.25, 0.3) is 0 Å². The summed E-state index contributed by atoms with van der Waals surface area (Å²) in [6.07, 6.45) is 2.38. The Labute approximate surface area is 104 Å². The van der Waals surface area contributed by atoms with Crippen LogP contribution in [-0.4, -0.2) is 19.2 Å². The van der Waals surface area contributed by atoms with Crippen LogP contribution in [0, 0.1) is 0 Å². The molecular formula is C14H22N2O. The van der Waals surface area contributed by atoms with Crippen LogP contribution in [0.15, 0.2) is 24.3 Å². The first kappa shape index (κ1) is 12.4. The van der Waals surface area contributed by atoms with Gasteiger partial charge in [0.2, 0.25) is 0 Å². The number of nitrogens with zero attached hydrogens (tertiary/aromatic N) is 1. The second-order valence-corrected chi connectivity index (χ2v) is 5.06. The lowest BCUT2D eigenvalue weighted by Crippen LogP contribution is -2.41. The molecule has 1 aromatic carbocycles. The molecule has 1 atom stereocenters. The summed E-state index contributed by atoms with van der Waals surface area (Å²) in [5.41, 5.74) is 2.74. The molecule has 0 spiro atoms. The maximum absolute atomic E-state index is 5.31. The summed E-state index contributed by atoms with van der Waals surface area (Å²) >= 11 is 0. The molecular weight excluding hydrogens is 212 g/mol. The Morgan fingerprint density at radius 3 is 2.82 bits per heavy atom. The Morgan fingerprint density at radius 1 is 1.35 bits per heavy atom. The van der Waals surface area contributed by atoms with Crippen LogP contribution in [0.3, 0.4) is 0 Å². The molecule has 1 fully saturated rings. The van der Waals surface area contributed by atoms with Crippen LogP contribution in [0.25, 0.3) is 0 Å². The molecule has 0 radical (unpaired) electrons. The summed E-state index contributed by atoms with van der Waals surface area (Å²) in [5, 5.41) is 0. The summed E-state index contributed by atoms with van der Waals surface area (Å²) < 4.78 is 0. The first-order valence-electron chi connectivity index (χ1n) is 6.41. The number of hydrogen-bond acceptors (Lipinski definition) is 3. The van der Waals surface area contributed by atoms with Gasteiger partial charge in [-0.25, -0.2) is 5.90 Å². The number of benzene rings is 1. The van der Waals surface area contributed by atoms with Gasteiger partial charge in [-0.2, -0.15) is 0 Å². The van der Waals surface area contributed by atoms with E-state index in [0.717, 1.165) is 25.9 Å². The number of para-hydroxylation sites is 1. The molecule has 2 rings (SSSR count). The monoisotopic (exact) mass is 234 g/mol. The van der Waals surface area contributed by atoms with Crippen molar-refractivity contribution in [3.63, 3.8) is 0 Å². The van der Waals surface area contributed by atoms with Gasteiger partial charge in [0.1, 0.15) is 0 Å². The van der Waals surface area contributed by atoms with E-state index in [0.29, 0.717) is 5.92 Å². The molecule has 3 heteroatoms. The average Bonchev–Trinajstić information content (AvgIpc) is 2.39. The van der Waals surface area contributed by atoms with E-state index < -0.39 is 0 Å². The van der Waals surface area contributed by atoms with E-state index >= 15 is 0 Å². The highest BCUT2D eigenvalue weighted by Crippen LogP contribution is 2.29. The fourth-order valence-corrected chi connectivity index (χ4v) is 2.53. The van der Waals surface area contributed by atoms with Gasteiger partial charge in [-0.1, -0.05) is 32.0 Å². The van der Waals surface area contributed by atoms with Crippen LogP contribution in [0.1, 0.15) is 38.2 Å². The molecule has 1 aliphatic heterocycles. The molecule has 1 saturated heterocycles. The number of hydrogen-bond donors (Lipinski definition) is 1. The molecule has 1 heterocycles. The smallest absolute Gasteiger partial charge is 0.0962 e. The minimum Gasteiger partial charge on any atom is -0.369 e. The van der Waals surface area contributed by atoms with Gasteiger partial charge < -0.3 is 4.90 Å². The van der Waals surface area contributed by atoms with Crippen LogP contribution in [0.2, 0.25) is 0 Å². The van der Waals surface area contributed by atoms with Gasteiger partial charge in [0.15, 0.2) is 0 Å². The molecule has 0 bridgehead atoms. The molecule has 0 aromatic heterocycles. The van der Waals surface area contributed by atoms with Gasteiger partial charge >= 0.3 is 0 Å². The van der Waals surface area contributed by atoms with Gasteiger partial charge in [-0.3, -0.25) is 4.84 Å². The minimum absolute atomic E-state index is 0.170. The molecule has 0 aliphatic carbocycles. The fraction of sp³-hybridized carbons (Fsp3) is 0.571. The highest BCUT2D eigenvalue weighted by molar-refractivity contribution is 5.55. The van der Waals surface area contributed by atoms with E-state index in [-0.39, 0.29) is 6.10 Å². The van der Waals surface area contributed by atoms with Crippen LogP contribution < -0.4 is 10.8 Å². The molecule has 94 valence electrons. The predicted octanol–water partition coefficient (Wildman–Crippen LogP) is 2.67. The van der Waals surface area contributed by atoms with Crippen molar-refractivity contribution < 1.29 is 4.84 Å². The molecule has 3 nitrogen and oxygen atoms in total. The highest BCUT2D eigenvalue weighted by atomic mass is 16.6. The Balaban J connectivity index is 2.21. The zero-order valence-corrected chi connectivity index (χ0v) is 10.7. The van der Waals surface area contributed by atoms with Crippen molar-refractivity contribution in [2.45, 2.75) is 38.7 Å². The van der Waals surface area contributed by atoms with Crippen LogP contribution in [-0.2, 0) is 4.84 Å². The quantitative estimate of drug-likeness (QED) is 0.817.